The standard InChI is InChI=1S/C21H21Cl2N3O3/c1-2-3-12-21(14-8-5-4-6-9-14)19(28)26(20(29)25-21)13-17(27)24-16-11-7-10-15(22)18(16)23/h4-11H,2-3,12-13H2,1H3,(H,24,27)(H,25,29). The number of halogens is 2. The maximum Gasteiger partial charge on any atom is 0.325 e. The second-order valence-corrected chi connectivity index (χ2v) is 7.63. The van der Waals surface area contributed by atoms with E-state index in [0.717, 1.165) is 17.7 Å². The van der Waals surface area contributed by atoms with Crippen LogP contribution >= 0.6 is 23.2 Å². The minimum absolute atomic E-state index is 0.196. The Balaban J connectivity index is 1.81. The quantitative estimate of drug-likeness (QED) is 0.627. The summed E-state index contributed by atoms with van der Waals surface area (Å²) in [6.07, 6.45) is 2.07. The third-order valence-electron chi connectivity index (χ3n) is 4.88. The molecular weight excluding hydrogens is 413 g/mol. The van der Waals surface area contributed by atoms with E-state index in [1.165, 1.54) is 0 Å². The predicted molar refractivity (Wildman–Crippen MR) is 113 cm³/mol. The number of hydrogen-bond donors (Lipinski definition) is 2. The van der Waals surface area contributed by atoms with E-state index in [2.05, 4.69) is 10.6 Å². The van der Waals surface area contributed by atoms with Crippen LogP contribution in [0.15, 0.2) is 48.5 Å². The summed E-state index contributed by atoms with van der Waals surface area (Å²) in [5.74, 6) is -0.980. The Labute approximate surface area is 179 Å². The summed E-state index contributed by atoms with van der Waals surface area (Å²) < 4.78 is 0. The fourth-order valence-electron chi connectivity index (χ4n) is 3.38. The summed E-state index contributed by atoms with van der Waals surface area (Å²) in [6, 6.07) is 13.3. The highest BCUT2D eigenvalue weighted by molar-refractivity contribution is 6.44. The summed E-state index contributed by atoms with van der Waals surface area (Å²) in [7, 11) is 0. The maximum absolute atomic E-state index is 13.3. The zero-order valence-electron chi connectivity index (χ0n) is 15.9. The molecule has 1 aliphatic heterocycles. The zero-order chi connectivity index (χ0) is 21.0. The molecule has 2 aromatic carbocycles. The van der Waals surface area contributed by atoms with Gasteiger partial charge in [-0.15, -0.1) is 0 Å². The largest absolute Gasteiger partial charge is 0.325 e. The van der Waals surface area contributed by atoms with Crippen LogP contribution < -0.4 is 10.6 Å². The number of urea groups is 1. The van der Waals surface area contributed by atoms with Crippen molar-refractivity contribution < 1.29 is 14.4 Å². The molecule has 29 heavy (non-hydrogen) atoms. The van der Waals surface area contributed by atoms with Gasteiger partial charge in [0.1, 0.15) is 12.1 Å². The first-order chi connectivity index (χ1) is 13.9. The van der Waals surface area contributed by atoms with Crippen molar-refractivity contribution in [2.45, 2.75) is 31.7 Å². The maximum atomic E-state index is 13.3. The summed E-state index contributed by atoms with van der Waals surface area (Å²) in [5.41, 5.74) is -0.147. The summed E-state index contributed by atoms with van der Waals surface area (Å²) in [4.78, 5) is 39.3. The molecule has 3 rings (SSSR count). The van der Waals surface area contributed by atoms with Gasteiger partial charge in [-0.3, -0.25) is 14.5 Å². The van der Waals surface area contributed by atoms with E-state index in [-0.39, 0.29) is 5.02 Å². The van der Waals surface area contributed by atoms with Crippen LogP contribution in [0.5, 0.6) is 0 Å². The van der Waals surface area contributed by atoms with Crippen molar-refractivity contribution in [1.29, 1.82) is 0 Å². The Hall–Kier alpha value is -2.57. The molecule has 0 bridgehead atoms. The van der Waals surface area contributed by atoms with Gasteiger partial charge in [-0.05, 0) is 24.1 Å². The average Bonchev–Trinajstić information content (AvgIpc) is 2.95. The molecule has 1 fully saturated rings. The van der Waals surface area contributed by atoms with Gasteiger partial charge < -0.3 is 10.6 Å². The molecule has 1 heterocycles. The third kappa shape index (κ3) is 4.23. The number of nitrogens with one attached hydrogen (secondary N) is 2. The van der Waals surface area contributed by atoms with Crippen LogP contribution in [0.2, 0.25) is 10.0 Å². The number of anilines is 1. The molecule has 1 unspecified atom stereocenters. The normalized spacial score (nSPS) is 18.7. The van der Waals surface area contributed by atoms with Gasteiger partial charge in [-0.1, -0.05) is 79.4 Å². The number of carbonyl (C=O) groups excluding carboxylic acids is 3. The SMILES string of the molecule is CCCCC1(c2ccccc2)NC(=O)N(CC(=O)Nc2cccc(Cl)c2Cl)C1=O. The Morgan fingerprint density at radius 2 is 1.83 bits per heavy atom. The van der Waals surface area contributed by atoms with Crippen LogP contribution in [0.1, 0.15) is 31.7 Å². The van der Waals surface area contributed by atoms with Gasteiger partial charge in [0.05, 0.1) is 15.7 Å². The van der Waals surface area contributed by atoms with E-state index < -0.39 is 29.9 Å². The minimum atomic E-state index is -1.16. The average molecular weight is 434 g/mol. The Morgan fingerprint density at radius 1 is 1.10 bits per heavy atom. The van der Waals surface area contributed by atoms with Gasteiger partial charge in [0.2, 0.25) is 5.91 Å². The molecule has 4 amide bonds. The molecule has 0 aliphatic carbocycles. The lowest BCUT2D eigenvalue weighted by Crippen LogP contribution is -2.44. The number of imide groups is 1. The topological polar surface area (TPSA) is 78.5 Å². The van der Waals surface area contributed by atoms with Crippen LogP contribution in [0.25, 0.3) is 0 Å². The van der Waals surface area contributed by atoms with Gasteiger partial charge in [0, 0.05) is 0 Å². The molecule has 0 saturated carbocycles. The van der Waals surface area contributed by atoms with Gasteiger partial charge in [-0.2, -0.15) is 0 Å². The Bertz CT molecular complexity index is 936. The highest BCUT2D eigenvalue weighted by Gasteiger charge is 2.52. The van der Waals surface area contributed by atoms with E-state index >= 15 is 0 Å². The van der Waals surface area contributed by atoms with E-state index in [9.17, 15) is 14.4 Å². The van der Waals surface area contributed by atoms with Crippen LogP contribution in [0.3, 0.4) is 0 Å². The molecule has 1 aliphatic rings. The fourth-order valence-corrected chi connectivity index (χ4v) is 3.73. The van der Waals surface area contributed by atoms with Crippen molar-refractivity contribution in [3.8, 4) is 0 Å². The predicted octanol–water partition coefficient (Wildman–Crippen LogP) is 4.57. The number of hydrogen-bond acceptors (Lipinski definition) is 3. The highest BCUT2D eigenvalue weighted by atomic mass is 35.5. The second kappa shape index (κ2) is 8.84. The van der Waals surface area contributed by atoms with Gasteiger partial charge >= 0.3 is 6.03 Å². The minimum Gasteiger partial charge on any atom is -0.323 e. The van der Waals surface area contributed by atoms with Crippen molar-refractivity contribution in [3.05, 3.63) is 64.1 Å². The fraction of sp³-hybridized carbons (Fsp3) is 0.286. The van der Waals surface area contributed by atoms with Crippen LogP contribution in [0.4, 0.5) is 10.5 Å². The molecule has 1 atom stereocenters. The molecule has 2 N–H and O–H groups in total. The molecule has 6 nitrogen and oxygen atoms in total. The highest BCUT2D eigenvalue weighted by Crippen LogP contribution is 2.34. The second-order valence-electron chi connectivity index (χ2n) is 6.85. The first-order valence-electron chi connectivity index (χ1n) is 9.32. The molecular formula is C21H21Cl2N3O3. The first-order valence-corrected chi connectivity index (χ1v) is 10.1. The number of benzene rings is 2. The molecule has 1 saturated heterocycles. The van der Waals surface area contributed by atoms with Crippen molar-refractivity contribution in [3.63, 3.8) is 0 Å². The van der Waals surface area contributed by atoms with Crippen molar-refractivity contribution >= 4 is 46.7 Å². The van der Waals surface area contributed by atoms with Crippen molar-refractivity contribution in [2.24, 2.45) is 0 Å². The lowest BCUT2D eigenvalue weighted by molar-refractivity contribution is -0.134. The smallest absolute Gasteiger partial charge is 0.323 e. The molecule has 0 aromatic heterocycles. The monoisotopic (exact) mass is 433 g/mol. The third-order valence-corrected chi connectivity index (χ3v) is 5.69. The first kappa shape index (κ1) is 21.1. The molecule has 2 aromatic rings. The molecule has 0 spiro atoms. The Kier molecular flexibility index (Phi) is 6.45. The van der Waals surface area contributed by atoms with E-state index in [1.54, 1.807) is 18.2 Å². The van der Waals surface area contributed by atoms with Gasteiger partial charge in [-0.25, -0.2) is 4.79 Å². The Morgan fingerprint density at radius 3 is 2.52 bits per heavy atom. The van der Waals surface area contributed by atoms with E-state index in [0.29, 0.717) is 22.7 Å². The molecule has 0 radical (unpaired) electrons. The van der Waals surface area contributed by atoms with Crippen molar-refractivity contribution in [1.82, 2.24) is 10.2 Å². The lowest BCUT2D eigenvalue weighted by atomic mass is 9.85. The zero-order valence-corrected chi connectivity index (χ0v) is 17.4. The van der Waals surface area contributed by atoms with Crippen molar-refractivity contribution in [2.75, 3.05) is 11.9 Å². The number of nitrogens with zero attached hydrogens (tertiary/aromatic N) is 1. The van der Waals surface area contributed by atoms with Gasteiger partial charge in [0.25, 0.3) is 5.91 Å². The molecule has 152 valence electrons. The summed E-state index contributed by atoms with van der Waals surface area (Å²) in [6.45, 7) is 1.59. The van der Waals surface area contributed by atoms with Crippen LogP contribution in [0, 0.1) is 0 Å². The number of rotatable bonds is 7. The van der Waals surface area contributed by atoms with Crippen LogP contribution in [-0.4, -0.2) is 29.3 Å². The van der Waals surface area contributed by atoms with E-state index in [4.69, 9.17) is 23.2 Å². The number of amides is 4. The molecule has 8 heteroatoms. The summed E-state index contributed by atoms with van der Waals surface area (Å²) >= 11 is 12.0. The lowest BCUT2D eigenvalue weighted by Gasteiger charge is -2.27. The van der Waals surface area contributed by atoms with Gasteiger partial charge in [0.15, 0.2) is 0 Å². The summed E-state index contributed by atoms with van der Waals surface area (Å²) in [5, 5.41) is 5.91. The van der Waals surface area contributed by atoms with E-state index in [1.807, 2.05) is 37.3 Å². The van der Waals surface area contributed by atoms with Crippen LogP contribution in [-0.2, 0) is 15.1 Å². The number of unbranched alkanes of at least 4 members (excludes halogenated alkanes) is 1. The number of carbonyl (C=O) groups is 3.